The van der Waals surface area contributed by atoms with Crippen LogP contribution in [0.3, 0.4) is 0 Å². The molecular formula is C8H9NOS. The quantitative estimate of drug-likeness (QED) is 0.648. The van der Waals surface area contributed by atoms with Crippen LogP contribution >= 0.6 is 11.9 Å². The predicted octanol–water partition coefficient (Wildman–Crippen LogP) is 1.74. The maximum atomic E-state index is 11.0. The minimum atomic E-state index is -0.0892. The summed E-state index contributed by atoms with van der Waals surface area (Å²) in [6.07, 6.45) is 0. The van der Waals surface area contributed by atoms with Crippen molar-refractivity contribution < 1.29 is 4.79 Å². The Morgan fingerprint density at radius 3 is 2.82 bits per heavy atom. The van der Waals surface area contributed by atoms with Crippen LogP contribution < -0.4 is 5.14 Å². The lowest BCUT2D eigenvalue weighted by Crippen LogP contribution is -1.96. The van der Waals surface area contributed by atoms with E-state index < -0.39 is 0 Å². The molecule has 0 unspecified atom stereocenters. The number of carbonyl (C=O) groups excluding carboxylic acids is 1. The summed E-state index contributed by atoms with van der Waals surface area (Å²) >= 11 is 0.748. The highest BCUT2D eigenvalue weighted by atomic mass is 32.2. The van der Waals surface area contributed by atoms with Crippen LogP contribution in [0.25, 0.3) is 0 Å². The molecule has 0 radical (unpaired) electrons. The lowest BCUT2D eigenvalue weighted by molar-refractivity contribution is 0.108. The smallest absolute Gasteiger partial charge is 0.233 e. The van der Waals surface area contributed by atoms with Crippen molar-refractivity contribution >= 4 is 17.1 Å². The molecule has 0 saturated heterocycles. The molecule has 0 amide bonds. The monoisotopic (exact) mass is 167 g/mol. The first-order chi connectivity index (χ1) is 5.24. The van der Waals surface area contributed by atoms with Crippen LogP contribution in [-0.2, 0) is 0 Å². The summed E-state index contributed by atoms with van der Waals surface area (Å²) in [6.45, 7) is 1.94. The number of hydrogen-bond acceptors (Lipinski definition) is 3. The second-order valence-corrected chi connectivity index (χ2v) is 2.88. The molecular weight excluding hydrogens is 158 g/mol. The van der Waals surface area contributed by atoms with Crippen molar-refractivity contribution in [1.29, 1.82) is 0 Å². The minimum absolute atomic E-state index is 0.0892. The third-order valence-corrected chi connectivity index (χ3v) is 1.81. The van der Waals surface area contributed by atoms with Gasteiger partial charge in [0.1, 0.15) is 0 Å². The van der Waals surface area contributed by atoms with Crippen LogP contribution in [0.4, 0.5) is 0 Å². The highest BCUT2D eigenvalue weighted by Gasteiger charge is 2.02. The average Bonchev–Trinajstić information content (AvgIpc) is 2.03. The molecule has 1 aromatic rings. The van der Waals surface area contributed by atoms with Gasteiger partial charge in [0.15, 0.2) is 0 Å². The van der Waals surface area contributed by atoms with Gasteiger partial charge in [-0.25, -0.2) is 0 Å². The Kier molecular flexibility index (Phi) is 2.68. The summed E-state index contributed by atoms with van der Waals surface area (Å²) in [6, 6.07) is 7.37. The van der Waals surface area contributed by atoms with E-state index >= 15 is 0 Å². The fraction of sp³-hybridized carbons (Fsp3) is 0.125. The maximum Gasteiger partial charge on any atom is 0.233 e. The summed E-state index contributed by atoms with van der Waals surface area (Å²) in [7, 11) is 0. The Balaban J connectivity index is 2.96. The van der Waals surface area contributed by atoms with Gasteiger partial charge in [-0.2, -0.15) is 0 Å². The van der Waals surface area contributed by atoms with Crippen molar-refractivity contribution in [3.8, 4) is 0 Å². The Hall–Kier alpha value is -0.800. The third-order valence-electron chi connectivity index (χ3n) is 1.36. The molecule has 0 bridgehead atoms. The van der Waals surface area contributed by atoms with E-state index in [1.54, 1.807) is 6.07 Å². The molecule has 2 N–H and O–H groups in total. The number of nitrogens with two attached hydrogens (primary N) is 1. The normalized spacial score (nSPS) is 9.64. The van der Waals surface area contributed by atoms with Gasteiger partial charge in [0.25, 0.3) is 0 Å². The number of aryl methyl sites for hydroxylation is 1. The second kappa shape index (κ2) is 3.55. The summed E-state index contributed by atoms with van der Waals surface area (Å²) in [5.41, 5.74) is 1.74. The molecule has 0 atom stereocenters. The minimum Gasteiger partial charge on any atom is -0.280 e. The topological polar surface area (TPSA) is 43.1 Å². The summed E-state index contributed by atoms with van der Waals surface area (Å²) < 4.78 is 0. The first-order valence-electron chi connectivity index (χ1n) is 3.22. The van der Waals surface area contributed by atoms with Gasteiger partial charge in [0.2, 0.25) is 5.12 Å². The fourth-order valence-corrected chi connectivity index (χ4v) is 1.10. The third kappa shape index (κ3) is 2.06. The van der Waals surface area contributed by atoms with E-state index in [-0.39, 0.29) is 5.12 Å². The van der Waals surface area contributed by atoms with Gasteiger partial charge in [-0.1, -0.05) is 23.8 Å². The zero-order valence-corrected chi connectivity index (χ0v) is 7.02. The van der Waals surface area contributed by atoms with E-state index in [2.05, 4.69) is 0 Å². The number of rotatable bonds is 1. The van der Waals surface area contributed by atoms with E-state index in [1.807, 2.05) is 25.1 Å². The Labute approximate surface area is 69.9 Å². The maximum absolute atomic E-state index is 11.0. The molecule has 0 fully saturated rings. The molecule has 1 aromatic carbocycles. The van der Waals surface area contributed by atoms with Crippen LogP contribution in [0.1, 0.15) is 15.9 Å². The Bertz CT molecular complexity index is 273. The molecule has 0 aromatic heterocycles. The molecule has 0 aliphatic rings. The number of benzene rings is 1. The van der Waals surface area contributed by atoms with Gasteiger partial charge in [0.05, 0.1) is 0 Å². The average molecular weight is 167 g/mol. The summed E-state index contributed by atoms with van der Waals surface area (Å²) in [4.78, 5) is 11.0. The van der Waals surface area contributed by atoms with Crippen LogP contribution in [0.15, 0.2) is 24.3 Å². The molecule has 0 aliphatic heterocycles. The van der Waals surface area contributed by atoms with Crippen molar-refractivity contribution in [3.63, 3.8) is 0 Å². The van der Waals surface area contributed by atoms with Crippen LogP contribution in [0, 0.1) is 6.92 Å². The van der Waals surface area contributed by atoms with Gasteiger partial charge in [-0.3, -0.25) is 9.93 Å². The van der Waals surface area contributed by atoms with Gasteiger partial charge in [-0.05, 0) is 24.9 Å². The van der Waals surface area contributed by atoms with Crippen molar-refractivity contribution in [1.82, 2.24) is 0 Å². The first-order valence-corrected chi connectivity index (χ1v) is 4.09. The van der Waals surface area contributed by atoms with E-state index in [0.29, 0.717) is 5.56 Å². The van der Waals surface area contributed by atoms with Gasteiger partial charge < -0.3 is 0 Å². The molecule has 0 saturated carbocycles. The molecule has 1 rings (SSSR count). The SMILES string of the molecule is Cc1cccc(C(=O)SN)c1. The predicted molar refractivity (Wildman–Crippen MR) is 47.3 cm³/mol. The highest BCUT2D eigenvalue weighted by molar-refractivity contribution is 8.12. The van der Waals surface area contributed by atoms with Crippen LogP contribution in [0.5, 0.6) is 0 Å². The Morgan fingerprint density at radius 2 is 2.27 bits per heavy atom. The lowest BCUT2D eigenvalue weighted by atomic mass is 10.2. The van der Waals surface area contributed by atoms with E-state index in [1.165, 1.54) is 0 Å². The second-order valence-electron chi connectivity index (χ2n) is 2.27. The van der Waals surface area contributed by atoms with Crippen molar-refractivity contribution in [2.75, 3.05) is 0 Å². The highest BCUT2D eigenvalue weighted by Crippen LogP contribution is 2.08. The zero-order valence-electron chi connectivity index (χ0n) is 6.20. The summed E-state index contributed by atoms with van der Waals surface area (Å²) in [5, 5.41) is 5.03. The van der Waals surface area contributed by atoms with Gasteiger partial charge in [0, 0.05) is 5.56 Å². The first kappa shape index (κ1) is 8.30. The van der Waals surface area contributed by atoms with E-state index in [0.717, 1.165) is 17.5 Å². The molecule has 58 valence electrons. The molecule has 0 heterocycles. The lowest BCUT2D eigenvalue weighted by Gasteiger charge is -1.96. The number of hydrogen-bond donors (Lipinski definition) is 1. The van der Waals surface area contributed by atoms with E-state index in [9.17, 15) is 4.79 Å². The Morgan fingerprint density at radius 1 is 1.55 bits per heavy atom. The van der Waals surface area contributed by atoms with Crippen molar-refractivity contribution in [2.24, 2.45) is 5.14 Å². The molecule has 0 spiro atoms. The van der Waals surface area contributed by atoms with Crippen molar-refractivity contribution in [3.05, 3.63) is 35.4 Å². The van der Waals surface area contributed by atoms with Crippen molar-refractivity contribution in [2.45, 2.75) is 6.92 Å². The van der Waals surface area contributed by atoms with Gasteiger partial charge in [-0.15, -0.1) is 0 Å². The standard InChI is InChI=1S/C8H9NOS/c1-6-3-2-4-7(5-6)8(10)11-9/h2-5H,9H2,1H3. The molecule has 3 heteroatoms. The summed E-state index contributed by atoms with van der Waals surface area (Å²) in [5.74, 6) is 0. The number of carbonyl (C=O) groups is 1. The molecule has 11 heavy (non-hydrogen) atoms. The zero-order chi connectivity index (χ0) is 8.27. The molecule has 0 aliphatic carbocycles. The van der Waals surface area contributed by atoms with E-state index in [4.69, 9.17) is 5.14 Å². The fourth-order valence-electron chi connectivity index (χ4n) is 0.840. The molecule has 2 nitrogen and oxygen atoms in total. The van der Waals surface area contributed by atoms with Gasteiger partial charge >= 0.3 is 0 Å². The van der Waals surface area contributed by atoms with Crippen LogP contribution in [0.2, 0.25) is 0 Å². The van der Waals surface area contributed by atoms with Crippen LogP contribution in [-0.4, -0.2) is 5.12 Å². The largest absolute Gasteiger partial charge is 0.280 e.